The lowest BCUT2D eigenvalue weighted by atomic mass is 10.0. The minimum atomic E-state index is -0.239. The molecule has 0 radical (unpaired) electrons. The number of nitrogens with one attached hydrogen (secondary N) is 1. The number of rotatable bonds is 3. The Kier molecular flexibility index (Phi) is 4.08. The number of pyridine rings is 1. The number of oxazole rings is 1. The Hall–Kier alpha value is -1.98. The maximum absolute atomic E-state index is 12.2. The van der Waals surface area contributed by atoms with E-state index in [0.717, 1.165) is 17.7 Å². The van der Waals surface area contributed by atoms with Crippen molar-refractivity contribution in [3.05, 3.63) is 55.2 Å². The summed E-state index contributed by atoms with van der Waals surface area (Å²) >= 11 is 12.2. The summed E-state index contributed by atoms with van der Waals surface area (Å²) in [6.45, 7) is 3.82. The highest BCUT2D eigenvalue weighted by Gasteiger charge is 2.17. The van der Waals surface area contributed by atoms with Crippen LogP contribution in [0.2, 0.25) is 10.0 Å². The number of hydrogen-bond donors (Lipinski definition) is 2. The predicted octanol–water partition coefficient (Wildman–Crippen LogP) is 3.87. The van der Waals surface area contributed by atoms with E-state index in [1.807, 2.05) is 13.8 Å². The molecular weight excluding hydrogens is 337 g/mol. The van der Waals surface area contributed by atoms with E-state index in [0.29, 0.717) is 38.3 Å². The maximum atomic E-state index is 12.2. The molecule has 0 aliphatic rings. The summed E-state index contributed by atoms with van der Waals surface area (Å²) < 4.78 is 5.66. The Morgan fingerprint density at radius 1 is 1.26 bits per heavy atom. The summed E-state index contributed by atoms with van der Waals surface area (Å²) in [4.78, 5) is 19.4. The van der Waals surface area contributed by atoms with E-state index in [1.165, 1.54) is 0 Å². The summed E-state index contributed by atoms with van der Waals surface area (Å²) in [5.74, 6) is 0.345. The van der Waals surface area contributed by atoms with Gasteiger partial charge in [-0.2, -0.15) is 0 Å². The molecule has 0 saturated carbocycles. The van der Waals surface area contributed by atoms with Gasteiger partial charge < -0.3 is 15.1 Å². The van der Waals surface area contributed by atoms with Crippen molar-refractivity contribution in [3.63, 3.8) is 0 Å². The summed E-state index contributed by atoms with van der Waals surface area (Å²) in [6, 6.07) is 3.30. The molecule has 0 spiro atoms. The van der Waals surface area contributed by atoms with Crippen LogP contribution in [0.15, 0.2) is 21.3 Å². The van der Waals surface area contributed by atoms with Gasteiger partial charge in [0.15, 0.2) is 11.5 Å². The number of aryl methyl sites for hydroxylation is 1. The number of aromatic nitrogens is 2. The molecule has 0 amide bonds. The van der Waals surface area contributed by atoms with E-state index in [9.17, 15) is 4.79 Å². The van der Waals surface area contributed by atoms with Gasteiger partial charge in [0.2, 0.25) is 0 Å². The number of nitrogen functional groups attached to an aromatic ring is 1. The van der Waals surface area contributed by atoms with Crippen LogP contribution in [0.5, 0.6) is 0 Å². The number of nitrogens with zero attached hydrogens (tertiary/aromatic N) is 1. The first-order valence-electron chi connectivity index (χ1n) is 7.15. The van der Waals surface area contributed by atoms with Crippen LogP contribution in [0.25, 0.3) is 11.1 Å². The Bertz CT molecular complexity index is 921. The van der Waals surface area contributed by atoms with Gasteiger partial charge in [0.25, 0.3) is 5.56 Å². The Morgan fingerprint density at radius 3 is 2.61 bits per heavy atom. The molecule has 0 bridgehead atoms. The summed E-state index contributed by atoms with van der Waals surface area (Å²) in [5, 5.41) is 0.864. The third-order valence-corrected chi connectivity index (χ3v) is 4.45. The fourth-order valence-electron chi connectivity index (χ4n) is 2.67. The number of hydrogen-bond acceptors (Lipinski definition) is 4. The molecule has 2 aromatic heterocycles. The van der Waals surface area contributed by atoms with Crippen LogP contribution < -0.4 is 11.3 Å². The topological polar surface area (TPSA) is 84.9 Å². The molecule has 3 N–H and O–H groups in total. The highest BCUT2D eigenvalue weighted by molar-refractivity contribution is 6.39. The van der Waals surface area contributed by atoms with Crippen molar-refractivity contribution in [3.8, 4) is 0 Å². The van der Waals surface area contributed by atoms with E-state index in [4.69, 9.17) is 33.4 Å². The molecule has 0 saturated heterocycles. The molecule has 3 aromatic rings. The van der Waals surface area contributed by atoms with Crippen LogP contribution in [-0.2, 0) is 12.8 Å². The molecule has 120 valence electrons. The fourth-order valence-corrected chi connectivity index (χ4v) is 3.06. The van der Waals surface area contributed by atoms with Gasteiger partial charge in [0, 0.05) is 16.9 Å². The molecule has 1 aromatic carbocycles. The van der Waals surface area contributed by atoms with Gasteiger partial charge in [0.05, 0.1) is 16.5 Å². The standard InChI is InChI=1S/C16H15Cl2N3O2/c1-3-8-7(2)20-16(22)9(13(8)19)6-12-21-14-10(17)4-5-11(18)15(14)23-12/h4-5H,3,6H2,1-2H3,(H3,19,20,22). The van der Waals surface area contributed by atoms with Crippen molar-refractivity contribution in [1.82, 2.24) is 9.97 Å². The van der Waals surface area contributed by atoms with E-state index >= 15 is 0 Å². The minimum absolute atomic E-state index is 0.176. The van der Waals surface area contributed by atoms with Gasteiger partial charge in [-0.25, -0.2) is 4.98 Å². The molecule has 0 fully saturated rings. The van der Waals surface area contributed by atoms with E-state index in [1.54, 1.807) is 12.1 Å². The van der Waals surface area contributed by atoms with Crippen molar-refractivity contribution >= 4 is 40.0 Å². The smallest absolute Gasteiger partial charge is 0.253 e. The van der Waals surface area contributed by atoms with Crippen LogP contribution in [-0.4, -0.2) is 9.97 Å². The average molecular weight is 352 g/mol. The molecule has 23 heavy (non-hydrogen) atoms. The molecule has 7 heteroatoms. The Balaban J connectivity index is 2.11. The first-order valence-corrected chi connectivity index (χ1v) is 7.91. The second kappa shape index (κ2) is 5.91. The van der Waals surface area contributed by atoms with Gasteiger partial charge in [-0.05, 0) is 31.0 Å². The summed E-state index contributed by atoms with van der Waals surface area (Å²) in [7, 11) is 0. The monoisotopic (exact) mass is 351 g/mol. The van der Waals surface area contributed by atoms with E-state index in [2.05, 4.69) is 9.97 Å². The Labute approximate surface area is 142 Å². The van der Waals surface area contributed by atoms with Gasteiger partial charge in [-0.1, -0.05) is 30.1 Å². The lowest BCUT2D eigenvalue weighted by Crippen LogP contribution is -2.19. The third kappa shape index (κ3) is 2.71. The molecular formula is C16H15Cl2N3O2. The first kappa shape index (κ1) is 15.9. The largest absolute Gasteiger partial charge is 0.439 e. The second-order valence-corrected chi connectivity index (χ2v) is 6.11. The molecule has 3 rings (SSSR count). The predicted molar refractivity (Wildman–Crippen MR) is 92.4 cm³/mol. The number of aromatic amines is 1. The van der Waals surface area contributed by atoms with Crippen LogP contribution in [0, 0.1) is 6.92 Å². The number of halogens is 2. The van der Waals surface area contributed by atoms with Gasteiger partial charge in [-0.15, -0.1) is 0 Å². The third-order valence-electron chi connectivity index (χ3n) is 3.85. The number of fused-ring (bicyclic) bond motifs is 1. The van der Waals surface area contributed by atoms with Crippen LogP contribution in [0.4, 0.5) is 5.69 Å². The zero-order chi connectivity index (χ0) is 16.7. The summed E-state index contributed by atoms with van der Waals surface area (Å²) in [5.41, 5.74) is 9.42. The van der Waals surface area contributed by atoms with Crippen molar-refractivity contribution in [2.24, 2.45) is 0 Å². The van der Waals surface area contributed by atoms with Gasteiger partial charge in [0.1, 0.15) is 5.52 Å². The number of nitrogens with two attached hydrogens (primary N) is 1. The second-order valence-electron chi connectivity index (χ2n) is 5.29. The lowest BCUT2D eigenvalue weighted by Gasteiger charge is -2.10. The SMILES string of the molecule is CCc1c(C)[nH]c(=O)c(Cc2nc3c(Cl)ccc(Cl)c3o2)c1N. The number of H-pyrrole nitrogens is 1. The maximum Gasteiger partial charge on any atom is 0.253 e. The van der Waals surface area contributed by atoms with E-state index < -0.39 is 0 Å². The highest BCUT2D eigenvalue weighted by atomic mass is 35.5. The van der Waals surface area contributed by atoms with Crippen molar-refractivity contribution in [2.75, 3.05) is 5.73 Å². The van der Waals surface area contributed by atoms with Crippen molar-refractivity contribution < 1.29 is 4.42 Å². The molecule has 0 aliphatic carbocycles. The molecule has 0 unspecified atom stereocenters. The lowest BCUT2D eigenvalue weighted by molar-refractivity contribution is 0.543. The highest BCUT2D eigenvalue weighted by Crippen LogP contribution is 2.31. The Morgan fingerprint density at radius 2 is 1.96 bits per heavy atom. The van der Waals surface area contributed by atoms with Crippen LogP contribution in [0.1, 0.15) is 29.6 Å². The minimum Gasteiger partial charge on any atom is -0.439 e. The van der Waals surface area contributed by atoms with Gasteiger partial charge >= 0.3 is 0 Å². The summed E-state index contributed by atoms with van der Waals surface area (Å²) in [6.07, 6.45) is 0.905. The van der Waals surface area contributed by atoms with Gasteiger partial charge in [-0.3, -0.25) is 4.79 Å². The first-order chi connectivity index (χ1) is 10.9. The molecule has 2 heterocycles. The quantitative estimate of drug-likeness (QED) is 0.749. The van der Waals surface area contributed by atoms with E-state index in [-0.39, 0.29) is 12.0 Å². The zero-order valence-electron chi connectivity index (χ0n) is 12.7. The van der Waals surface area contributed by atoms with Crippen molar-refractivity contribution in [1.29, 1.82) is 0 Å². The molecule has 5 nitrogen and oxygen atoms in total. The molecule has 0 atom stereocenters. The zero-order valence-corrected chi connectivity index (χ0v) is 14.2. The average Bonchev–Trinajstić information content (AvgIpc) is 2.93. The van der Waals surface area contributed by atoms with Crippen LogP contribution >= 0.6 is 23.2 Å². The van der Waals surface area contributed by atoms with Crippen LogP contribution in [0.3, 0.4) is 0 Å². The number of benzene rings is 1. The number of anilines is 1. The van der Waals surface area contributed by atoms with Crippen molar-refractivity contribution in [2.45, 2.75) is 26.7 Å². The molecule has 0 aliphatic heterocycles. The normalized spacial score (nSPS) is 11.3. The fraction of sp³-hybridized carbons (Fsp3) is 0.250.